The molecule has 5 nitrogen and oxygen atoms in total. The van der Waals surface area contributed by atoms with Gasteiger partial charge in [-0.2, -0.15) is 4.31 Å². The number of nitrogens with zero attached hydrogens (tertiary/aromatic N) is 1. The Morgan fingerprint density at radius 2 is 2.00 bits per heavy atom. The van der Waals surface area contributed by atoms with E-state index in [-0.39, 0.29) is 12.0 Å². The summed E-state index contributed by atoms with van der Waals surface area (Å²) in [5.74, 6) is -0.129. The number of hydrogen-bond donors (Lipinski definition) is 1. The number of hydrogen-bond acceptors (Lipinski definition) is 4. The summed E-state index contributed by atoms with van der Waals surface area (Å²) in [6.07, 6.45) is 2.61. The van der Waals surface area contributed by atoms with Crippen molar-refractivity contribution >= 4 is 10.0 Å². The molecule has 0 unspecified atom stereocenters. The van der Waals surface area contributed by atoms with Crippen LogP contribution in [0.3, 0.4) is 0 Å². The van der Waals surface area contributed by atoms with E-state index in [1.807, 2.05) is 19.1 Å². The Kier molecular flexibility index (Phi) is 5.06. The molecule has 3 rings (SSSR count). The predicted octanol–water partition coefficient (Wildman–Crippen LogP) is 1.80. The summed E-state index contributed by atoms with van der Waals surface area (Å²) >= 11 is 0. The molecule has 1 aromatic rings. The van der Waals surface area contributed by atoms with Crippen LogP contribution in [-0.4, -0.2) is 49.7 Å². The topological polar surface area (TPSA) is 66.8 Å². The number of rotatable bonds is 4. The van der Waals surface area contributed by atoms with Crippen molar-refractivity contribution in [3.05, 3.63) is 29.8 Å². The van der Waals surface area contributed by atoms with Crippen molar-refractivity contribution in [2.75, 3.05) is 19.8 Å². The van der Waals surface area contributed by atoms with Crippen molar-refractivity contribution in [3.8, 4) is 0 Å². The zero-order valence-electron chi connectivity index (χ0n) is 13.5. The summed E-state index contributed by atoms with van der Waals surface area (Å²) in [7, 11) is -3.52. The van der Waals surface area contributed by atoms with Crippen LogP contribution < -0.4 is 0 Å². The van der Waals surface area contributed by atoms with Crippen molar-refractivity contribution in [2.45, 2.75) is 49.6 Å². The van der Waals surface area contributed by atoms with Crippen LogP contribution in [0.25, 0.3) is 0 Å². The standard InChI is InChI=1S/C17H25NO4S/c1-2-13-5-7-14(8-6-13)23(20,21)18-10-3-4-16(18)15-12-22-11-9-17(15)19/h5-8,15-17,19H,2-4,9-12H2,1H3/t15-,16+,17-/m0/s1. The van der Waals surface area contributed by atoms with Crippen LogP contribution in [0.2, 0.25) is 0 Å². The van der Waals surface area contributed by atoms with Gasteiger partial charge in [0.2, 0.25) is 10.0 Å². The Balaban J connectivity index is 1.85. The summed E-state index contributed by atoms with van der Waals surface area (Å²) in [5, 5.41) is 10.3. The second kappa shape index (κ2) is 6.89. The summed E-state index contributed by atoms with van der Waals surface area (Å²) < 4.78 is 33.1. The van der Waals surface area contributed by atoms with Gasteiger partial charge in [-0.15, -0.1) is 0 Å². The zero-order valence-corrected chi connectivity index (χ0v) is 14.3. The molecule has 2 fully saturated rings. The maximum atomic E-state index is 13.0. The molecule has 1 aromatic carbocycles. The Morgan fingerprint density at radius 3 is 2.65 bits per heavy atom. The monoisotopic (exact) mass is 339 g/mol. The zero-order chi connectivity index (χ0) is 16.4. The molecular formula is C17H25NO4S. The fourth-order valence-electron chi connectivity index (χ4n) is 3.64. The number of sulfonamides is 1. The molecule has 6 heteroatoms. The van der Waals surface area contributed by atoms with Gasteiger partial charge in [-0.1, -0.05) is 19.1 Å². The minimum Gasteiger partial charge on any atom is -0.393 e. The van der Waals surface area contributed by atoms with Crippen LogP contribution in [0.1, 0.15) is 31.7 Å². The van der Waals surface area contributed by atoms with E-state index < -0.39 is 16.1 Å². The van der Waals surface area contributed by atoms with Crippen LogP contribution in [0.4, 0.5) is 0 Å². The second-order valence-corrected chi connectivity index (χ2v) is 8.31. The molecule has 0 amide bonds. The highest BCUT2D eigenvalue weighted by molar-refractivity contribution is 7.89. The second-order valence-electron chi connectivity index (χ2n) is 6.42. The lowest BCUT2D eigenvalue weighted by Gasteiger charge is -2.36. The first kappa shape index (κ1) is 16.9. The minimum atomic E-state index is -3.52. The van der Waals surface area contributed by atoms with Crippen molar-refractivity contribution < 1.29 is 18.3 Å². The van der Waals surface area contributed by atoms with E-state index >= 15 is 0 Å². The first-order chi connectivity index (χ1) is 11.0. The number of ether oxygens (including phenoxy) is 1. The SMILES string of the molecule is CCc1ccc(S(=O)(=O)N2CCC[C@@H]2[C@@H]2COCC[C@@H]2O)cc1. The van der Waals surface area contributed by atoms with Gasteiger partial charge in [0.25, 0.3) is 0 Å². The van der Waals surface area contributed by atoms with Gasteiger partial charge in [0.1, 0.15) is 0 Å². The fourth-order valence-corrected chi connectivity index (χ4v) is 5.38. The Hall–Kier alpha value is -0.950. The highest BCUT2D eigenvalue weighted by Gasteiger charge is 2.42. The van der Waals surface area contributed by atoms with E-state index in [0.717, 1.165) is 24.8 Å². The highest BCUT2D eigenvalue weighted by atomic mass is 32.2. The lowest BCUT2D eigenvalue weighted by atomic mass is 9.90. The normalized spacial score (nSPS) is 29.7. The molecule has 1 N–H and O–H groups in total. The molecule has 0 aliphatic carbocycles. The molecule has 128 valence electrons. The van der Waals surface area contributed by atoms with E-state index in [9.17, 15) is 13.5 Å². The molecule has 2 saturated heterocycles. The fraction of sp³-hybridized carbons (Fsp3) is 0.647. The molecule has 3 atom stereocenters. The first-order valence-electron chi connectivity index (χ1n) is 8.40. The van der Waals surface area contributed by atoms with Crippen LogP contribution in [0.15, 0.2) is 29.2 Å². The van der Waals surface area contributed by atoms with E-state index in [4.69, 9.17) is 4.74 Å². The smallest absolute Gasteiger partial charge is 0.243 e. The summed E-state index contributed by atoms with van der Waals surface area (Å²) in [6.45, 7) is 3.55. The lowest BCUT2D eigenvalue weighted by Crippen LogP contribution is -2.48. The Morgan fingerprint density at radius 1 is 1.26 bits per heavy atom. The molecule has 2 aliphatic heterocycles. The van der Waals surface area contributed by atoms with Gasteiger partial charge < -0.3 is 9.84 Å². The summed E-state index contributed by atoms with van der Waals surface area (Å²) in [4.78, 5) is 0.341. The van der Waals surface area contributed by atoms with E-state index in [2.05, 4.69) is 0 Å². The van der Waals surface area contributed by atoms with Crippen molar-refractivity contribution in [2.24, 2.45) is 5.92 Å². The summed E-state index contributed by atoms with van der Waals surface area (Å²) in [6, 6.07) is 6.96. The Labute approximate surface area is 138 Å². The van der Waals surface area contributed by atoms with Crippen LogP contribution >= 0.6 is 0 Å². The molecule has 0 bridgehead atoms. The van der Waals surface area contributed by atoms with Gasteiger partial charge in [-0.25, -0.2) is 8.42 Å². The molecule has 0 spiro atoms. The van der Waals surface area contributed by atoms with Crippen LogP contribution in [0, 0.1) is 5.92 Å². The predicted molar refractivity (Wildman–Crippen MR) is 87.7 cm³/mol. The molecule has 0 radical (unpaired) electrons. The molecule has 23 heavy (non-hydrogen) atoms. The quantitative estimate of drug-likeness (QED) is 0.908. The van der Waals surface area contributed by atoms with Gasteiger partial charge in [0.15, 0.2) is 0 Å². The van der Waals surface area contributed by atoms with E-state index in [0.29, 0.717) is 31.1 Å². The van der Waals surface area contributed by atoms with Gasteiger partial charge in [-0.05, 0) is 43.4 Å². The number of benzene rings is 1. The number of aliphatic hydroxyl groups excluding tert-OH is 1. The third-order valence-electron chi connectivity index (χ3n) is 5.04. The van der Waals surface area contributed by atoms with Crippen molar-refractivity contribution in [1.82, 2.24) is 4.31 Å². The van der Waals surface area contributed by atoms with Gasteiger partial charge in [-0.3, -0.25) is 0 Å². The molecule has 2 heterocycles. The largest absolute Gasteiger partial charge is 0.393 e. The van der Waals surface area contributed by atoms with Crippen molar-refractivity contribution in [1.29, 1.82) is 0 Å². The van der Waals surface area contributed by atoms with Gasteiger partial charge >= 0.3 is 0 Å². The van der Waals surface area contributed by atoms with Gasteiger partial charge in [0.05, 0.1) is 17.6 Å². The lowest BCUT2D eigenvalue weighted by molar-refractivity contribution is -0.0543. The average Bonchev–Trinajstić information content (AvgIpc) is 3.05. The van der Waals surface area contributed by atoms with Gasteiger partial charge in [0, 0.05) is 25.1 Å². The van der Waals surface area contributed by atoms with E-state index in [1.54, 1.807) is 16.4 Å². The van der Waals surface area contributed by atoms with Crippen LogP contribution in [0.5, 0.6) is 0 Å². The minimum absolute atomic E-state index is 0.129. The number of aliphatic hydroxyl groups is 1. The molecule has 0 saturated carbocycles. The Bertz CT molecular complexity index is 628. The van der Waals surface area contributed by atoms with Crippen molar-refractivity contribution in [3.63, 3.8) is 0 Å². The highest BCUT2D eigenvalue weighted by Crippen LogP contribution is 2.34. The summed E-state index contributed by atoms with van der Waals surface area (Å²) in [5.41, 5.74) is 1.12. The maximum Gasteiger partial charge on any atom is 0.243 e. The first-order valence-corrected chi connectivity index (χ1v) is 9.84. The molecular weight excluding hydrogens is 314 g/mol. The third kappa shape index (κ3) is 3.31. The van der Waals surface area contributed by atoms with Crippen LogP contribution in [-0.2, 0) is 21.2 Å². The molecule has 0 aromatic heterocycles. The third-order valence-corrected chi connectivity index (χ3v) is 6.98. The molecule has 2 aliphatic rings. The maximum absolute atomic E-state index is 13.0. The van der Waals surface area contributed by atoms with E-state index in [1.165, 1.54) is 0 Å². The number of aryl methyl sites for hydroxylation is 1. The average molecular weight is 339 g/mol.